The van der Waals surface area contributed by atoms with Crippen LogP contribution in [0.4, 0.5) is 10.1 Å². The minimum absolute atomic E-state index is 0.0701. The molecular weight excluding hydrogens is 335 g/mol. The first kappa shape index (κ1) is 16.9. The van der Waals surface area contributed by atoms with Crippen molar-refractivity contribution in [1.82, 2.24) is 25.1 Å². The Morgan fingerprint density at radius 2 is 2.23 bits per heavy atom. The van der Waals surface area contributed by atoms with Crippen LogP contribution in [0.3, 0.4) is 0 Å². The van der Waals surface area contributed by atoms with Crippen LogP contribution in [0.15, 0.2) is 24.3 Å². The van der Waals surface area contributed by atoms with E-state index < -0.39 is 0 Å². The summed E-state index contributed by atoms with van der Waals surface area (Å²) in [7, 11) is 2.05. The minimum atomic E-state index is -0.291. The smallest absolute Gasteiger partial charge is 0.170 e. The van der Waals surface area contributed by atoms with E-state index in [0.717, 1.165) is 41.6 Å². The summed E-state index contributed by atoms with van der Waals surface area (Å²) in [5, 5.41) is 11.5. The maximum Gasteiger partial charge on any atom is 0.170 e. The number of anilines is 1. The summed E-state index contributed by atoms with van der Waals surface area (Å²) in [6.07, 6.45) is 0. The molecule has 2 N–H and O–H groups in total. The van der Waals surface area contributed by atoms with Crippen LogP contribution in [0, 0.1) is 12.7 Å². The highest BCUT2D eigenvalue weighted by Crippen LogP contribution is 2.24. The van der Waals surface area contributed by atoms with Crippen LogP contribution in [0.2, 0.25) is 0 Å². The monoisotopic (exact) mass is 356 g/mol. The highest BCUT2D eigenvalue weighted by atomic mass is 19.1. The van der Waals surface area contributed by atoms with Gasteiger partial charge in [-0.3, -0.25) is 15.0 Å². The highest BCUT2D eigenvalue weighted by molar-refractivity contribution is 5.91. The molecule has 0 saturated carbocycles. The molecule has 4 rings (SSSR count). The number of pyridine rings is 1. The lowest BCUT2D eigenvalue weighted by atomic mass is 10.1. The third kappa shape index (κ3) is 3.38. The molecule has 1 aromatic carbocycles. The van der Waals surface area contributed by atoms with Crippen LogP contribution in [-0.4, -0.2) is 51.9 Å². The minimum Gasteiger partial charge on any atom is -0.378 e. The summed E-state index contributed by atoms with van der Waals surface area (Å²) in [6, 6.07) is 6.63. The lowest BCUT2D eigenvalue weighted by molar-refractivity contribution is 0.00194. The predicted octanol–water partition coefficient (Wildman–Crippen LogP) is 2.42. The topological polar surface area (TPSA) is 79.0 Å². The zero-order valence-electron chi connectivity index (χ0n) is 14.8. The Hall–Kier alpha value is -2.58. The van der Waals surface area contributed by atoms with Crippen LogP contribution < -0.4 is 5.32 Å². The van der Waals surface area contributed by atoms with Gasteiger partial charge >= 0.3 is 0 Å². The Kier molecular flexibility index (Phi) is 4.52. The molecule has 0 aliphatic carbocycles. The lowest BCUT2D eigenvalue weighted by Crippen LogP contribution is -2.37. The molecule has 3 heterocycles. The zero-order chi connectivity index (χ0) is 18.1. The van der Waals surface area contributed by atoms with Gasteiger partial charge in [0.05, 0.1) is 31.3 Å². The third-order valence-electron chi connectivity index (χ3n) is 4.59. The van der Waals surface area contributed by atoms with E-state index in [1.807, 2.05) is 20.0 Å². The first-order valence-electron chi connectivity index (χ1n) is 8.60. The number of aromatic amines is 1. The average molecular weight is 356 g/mol. The highest BCUT2D eigenvalue weighted by Gasteiger charge is 2.25. The van der Waals surface area contributed by atoms with Crippen molar-refractivity contribution in [1.29, 1.82) is 0 Å². The molecule has 0 amide bonds. The number of morpholine rings is 1. The lowest BCUT2D eigenvalue weighted by Gasteiger charge is -2.30. The number of nitrogens with zero attached hydrogens (tertiary/aromatic N) is 4. The van der Waals surface area contributed by atoms with E-state index in [0.29, 0.717) is 18.7 Å². The van der Waals surface area contributed by atoms with E-state index in [1.54, 1.807) is 6.07 Å². The zero-order valence-corrected chi connectivity index (χ0v) is 14.8. The molecule has 0 bridgehead atoms. The molecule has 26 heavy (non-hydrogen) atoms. The molecule has 1 saturated heterocycles. The first-order chi connectivity index (χ1) is 12.6. The molecular formula is C18H21FN6O. The summed E-state index contributed by atoms with van der Waals surface area (Å²) in [4.78, 5) is 11.2. The fourth-order valence-corrected chi connectivity index (χ4v) is 3.16. The van der Waals surface area contributed by atoms with Crippen LogP contribution >= 0.6 is 0 Å². The SMILES string of the molecule is Cc1cc(NCc2nc(C3COCCN3C)n[nH]2)c2ccc(F)cc2n1. The Balaban J connectivity index is 1.52. The number of nitrogens with one attached hydrogen (secondary N) is 2. The van der Waals surface area contributed by atoms with E-state index in [2.05, 4.69) is 30.4 Å². The van der Waals surface area contributed by atoms with Crippen molar-refractivity contribution in [2.45, 2.75) is 19.5 Å². The summed E-state index contributed by atoms with van der Waals surface area (Å²) in [5.74, 6) is 1.19. The van der Waals surface area contributed by atoms with Crippen molar-refractivity contribution < 1.29 is 9.13 Å². The molecule has 1 unspecified atom stereocenters. The van der Waals surface area contributed by atoms with Crippen LogP contribution in [-0.2, 0) is 11.3 Å². The Labute approximate surface area is 150 Å². The number of benzene rings is 1. The fourth-order valence-electron chi connectivity index (χ4n) is 3.16. The summed E-state index contributed by atoms with van der Waals surface area (Å²) >= 11 is 0. The van der Waals surface area contributed by atoms with Gasteiger partial charge in [0, 0.05) is 29.4 Å². The van der Waals surface area contributed by atoms with Crippen molar-refractivity contribution in [3.05, 3.63) is 47.4 Å². The predicted molar refractivity (Wildman–Crippen MR) is 96.3 cm³/mol. The van der Waals surface area contributed by atoms with Gasteiger partial charge in [-0.2, -0.15) is 5.10 Å². The molecule has 0 spiro atoms. The van der Waals surface area contributed by atoms with Gasteiger partial charge in [0.25, 0.3) is 0 Å². The number of rotatable bonds is 4. The molecule has 8 heteroatoms. The Morgan fingerprint density at radius 3 is 3.08 bits per heavy atom. The van der Waals surface area contributed by atoms with Crippen molar-refractivity contribution >= 4 is 16.6 Å². The molecule has 1 aliphatic heterocycles. The number of ether oxygens (including phenoxy) is 1. The first-order valence-corrected chi connectivity index (χ1v) is 8.60. The second-order valence-corrected chi connectivity index (χ2v) is 6.54. The molecule has 7 nitrogen and oxygen atoms in total. The number of aryl methyl sites for hydroxylation is 1. The van der Waals surface area contributed by atoms with Crippen LogP contribution in [0.1, 0.15) is 23.4 Å². The number of hydrogen-bond donors (Lipinski definition) is 2. The van der Waals surface area contributed by atoms with Crippen molar-refractivity contribution in [2.75, 3.05) is 32.1 Å². The van der Waals surface area contributed by atoms with Gasteiger partial charge in [0.15, 0.2) is 5.82 Å². The van der Waals surface area contributed by atoms with Gasteiger partial charge in [0.1, 0.15) is 11.6 Å². The number of fused-ring (bicyclic) bond motifs is 1. The van der Waals surface area contributed by atoms with Crippen molar-refractivity contribution in [3.8, 4) is 0 Å². The van der Waals surface area contributed by atoms with Gasteiger partial charge in [-0.25, -0.2) is 9.37 Å². The van der Waals surface area contributed by atoms with Crippen LogP contribution in [0.5, 0.6) is 0 Å². The van der Waals surface area contributed by atoms with Gasteiger partial charge in [0.2, 0.25) is 0 Å². The Morgan fingerprint density at radius 1 is 1.35 bits per heavy atom. The summed E-state index contributed by atoms with van der Waals surface area (Å²) in [6.45, 7) is 4.58. The van der Waals surface area contributed by atoms with Gasteiger partial charge in [-0.05, 0) is 32.2 Å². The van der Waals surface area contributed by atoms with Crippen LogP contribution in [0.25, 0.3) is 10.9 Å². The maximum absolute atomic E-state index is 13.5. The number of hydrogen-bond acceptors (Lipinski definition) is 6. The molecule has 136 valence electrons. The molecule has 0 radical (unpaired) electrons. The average Bonchev–Trinajstić information content (AvgIpc) is 3.08. The number of likely N-dealkylation sites (N-methyl/N-ethyl adjacent to an activating group) is 1. The van der Waals surface area contributed by atoms with Crippen molar-refractivity contribution in [3.63, 3.8) is 0 Å². The number of H-pyrrole nitrogens is 1. The quantitative estimate of drug-likeness (QED) is 0.747. The normalized spacial score (nSPS) is 18.3. The second kappa shape index (κ2) is 6.97. The molecule has 1 fully saturated rings. The van der Waals surface area contributed by atoms with Gasteiger partial charge in [-0.1, -0.05) is 0 Å². The van der Waals surface area contributed by atoms with E-state index >= 15 is 0 Å². The largest absolute Gasteiger partial charge is 0.378 e. The number of halogens is 1. The van der Waals surface area contributed by atoms with E-state index in [9.17, 15) is 4.39 Å². The van der Waals surface area contributed by atoms with Gasteiger partial charge < -0.3 is 10.1 Å². The molecule has 1 atom stereocenters. The summed E-state index contributed by atoms with van der Waals surface area (Å²) < 4.78 is 19.0. The number of aromatic nitrogens is 4. The maximum atomic E-state index is 13.5. The Bertz CT molecular complexity index is 922. The van der Waals surface area contributed by atoms with E-state index in [1.165, 1.54) is 12.1 Å². The molecule has 2 aromatic heterocycles. The standard InChI is InChI=1S/C18H21FN6O/c1-11-7-14(13-4-3-12(19)8-15(13)21-11)20-9-17-22-18(24-23-17)16-10-26-6-5-25(16)2/h3-4,7-8,16H,5-6,9-10H2,1-2H3,(H,20,21)(H,22,23,24). The van der Waals surface area contributed by atoms with Crippen molar-refractivity contribution in [2.24, 2.45) is 0 Å². The second-order valence-electron chi connectivity index (χ2n) is 6.54. The van der Waals surface area contributed by atoms with E-state index in [4.69, 9.17) is 4.74 Å². The third-order valence-corrected chi connectivity index (χ3v) is 4.59. The summed E-state index contributed by atoms with van der Waals surface area (Å²) in [5.41, 5.74) is 2.35. The molecule has 3 aromatic rings. The van der Waals surface area contributed by atoms with E-state index in [-0.39, 0.29) is 11.9 Å². The fraction of sp³-hybridized carbons (Fsp3) is 0.389. The van der Waals surface area contributed by atoms with Gasteiger partial charge in [-0.15, -0.1) is 0 Å². The molecule has 1 aliphatic rings.